The van der Waals surface area contributed by atoms with Crippen LogP contribution in [-0.4, -0.2) is 67.7 Å². The van der Waals surface area contributed by atoms with Crippen LogP contribution in [0.3, 0.4) is 0 Å². The van der Waals surface area contributed by atoms with Crippen molar-refractivity contribution in [3.63, 3.8) is 0 Å². The summed E-state index contributed by atoms with van der Waals surface area (Å²) in [4.78, 5) is 41.1. The molecule has 2 aromatic rings. The predicted molar refractivity (Wildman–Crippen MR) is 127 cm³/mol. The Kier molecular flexibility index (Phi) is 7.66. The van der Waals surface area contributed by atoms with E-state index in [9.17, 15) is 14.4 Å². The van der Waals surface area contributed by atoms with Gasteiger partial charge < -0.3 is 29.0 Å². The van der Waals surface area contributed by atoms with E-state index in [4.69, 9.17) is 25.5 Å². The van der Waals surface area contributed by atoms with E-state index in [0.717, 1.165) is 5.69 Å². The molecule has 0 bridgehead atoms. The lowest BCUT2D eigenvalue weighted by atomic mass is 10.1. The fourth-order valence-corrected chi connectivity index (χ4v) is 4.21. The van der Waals surface area contributed by atoms with Crippen LogP contribution in [0.15, 0.2) is 46.9 Å². The standard InChI is InChI=1S/C24H26ClN3O6/c1-2-33-19-13-20(28(14-19)22(29)10-8-18-7-9-21(25)34-18)24(31)26-16-3-5-17(6-4-16)27-11-12-32-15-23(27)30/h3-10,19-20H,2,11-15H2,1H3,(H,26,31)/t19-,20-/m1/s1. The molecule has 1 aromatic heterocycles. The van der Waals surface area contributed by atoms with E-state index in [2.05, 4.69) is 5.32 Å². The maximum absolute atomic E-state index is 13.1. The second-order valence-electron chi connectivity index (χ2n) is 7.93. The highest BCUT2D eigenvalue weighted by Gasteiger charge is 2.39. The van der Waals surface area contributed by atoms with Gasteiger partial charge in [-0.25, -0.2) is 0 Å². The number of nitrogens with one attached hydrogen (secondary N) is 1. The highest BCUT2D eigenvalue weighted by Crippen LogP contribution is 2.25. The SMILES string of the molecule is CCO[C@@H]1C[C@H](C(=O)Nc2ccc(N3CCOCC3=O)cc2)N(C(=O)C=Cc2ccc(Cl)o2)C1. The molecule has 2 aliphatic heterocycles. The van der Waals surface area contributed by atoms with E-state index in [1.54, 1.807) is 41.3 Å². The molecule has 2 saturated heterocycles. The summed E-state index contributed by atoms with van der Waals surface area (Å²) in [5.74, 6) is -0.287. The molecule has 2 atom stereocenters. The van der Waals surface area contributed by atoms with Gasteiger partial charge in [-0.15, -0.1) is 0 Å². The molecule has 0 saturated carbocycles. The average molecular weight is 488 g/mol. The first-order valence-electron chi connectivity index (χ1n) is 11.1. The number of hydrogen-bond acceptors (Lipinski definition) is 6. The lowest BCUT2D eigenvalue weighted by molar-refractivity contribution is -0.132. The van der Waals surface area contributed by atoms with Crippen molar-refractivity contribution in [1.82, 2.24) is 4.90 Å². The fourth-order valence-electron chi connectivity index (χ4n) is 4.05. The number of benzene rings is 1. The summed E-state index contributed by atoms with van der Waals surface area (Å²) < 4.78 is 16.1. The van der Waals surface area contributed by atoms with Crippen molar-refractivity contribution in [3.05, 3.63) is 53.5 Å². The van der Waals surface area contributed by atoms with E-state index in [0.29, 0.717) is 44.2 Å². The first kappa shape index (κ1) is 24.0. The normalized spacial score (nSPS) is 20.8. The summed E-state index contributed by atoms with van der Waals surface area (Å²) in [7, 11) is 0. The molecule has 0 aliphatic carbocycles. The maximum Gasteiger partial charge on any atom is 0.253 e. The van der Waals surface area contributed by atoms with Crippen LogP contribution in [0.25, 0.3) is 6.08 Å². The molecule has 0 radical (unpaired) electrons. The van der Waals surface area contributed by atoms with Crippen molar-refractivity contribution in [2.24, 2.45) is 0 Å². The minimum atomic E-state index is -0.686. The first-order chi connectivity index (χ1) is 16.4. The van der Waals surface area contributed by atoms with Crippen LogP contribution in [0.5, 0.6) is 0 Å². The number of furan rings is 1. The summed E-state index contributed by atoms with van der Waals surface area (Å²) in [5, 5.41) is 3.10. The Bertz CT molecular complexity index is 1070. The number of morpholine rings is 1. The number of nitrogens with zero attached hydrogens (tertiary/aromatic N) is 2. The van der Waals surface area contributed by atoms with Crippen LogP contribution in [-0.2, 0) is 23.9 Å². The zero-order valence-electron chi connectivity index (χ0n) is 18.7. The third-order valence-corrected chi connectivity index (χ3v) is 5.87. The lowest BCUT2D eigenvalue weighted by Gasteiger charge is -2.27. The number of carbonyl (C=O) groups excluding carboxylic acids is 3. The summed E-state index contributed by atoms with van der Waals surface area (Å²) in [6.07, 6.45) is 3.04. The first-order valence-corrected chi connectivity index (χ1v) is 11.5. The van der Waals surface area contributed by atoms with E-state index >= 15 is 0 Å². The summed E-state index contributed by atoms with van der Waals surface area (Å²) in [6.45, 7) is 3.71. The van der Waals surface area contributed by atoms with Gasteiger partial charge in [0.15, 0.2) is 5.22 Å². The van der Waals surface area contributed by atoms with Crippen LogP contribution < -0.4 is 10.2 Å². The van der Waals surface area contributed by atoms with Crippen LogP contribution in [0.2, 0.25) is 5.22 Å². The molecule has 180 valence electrons. The van der Waals surface area contributed by atoms with Gasteiger partial charge in [0.25, 0.3) is 5.91 Å². The van der Waals surface area contributed by atoms with Gasteiger partial charge in [-0.05, 0) is 61.0 Å². The van der Waals surface area contributed by atoms with Crippen molar-refractivity contribution in [2.75, 3.05) is 43.1 Å². The van der Waals surface area contributed by atoms with Gasteiger partial charge in [0, 0.05) is 43.6 Å². The highest BCUT2D eigenvalue weighted by molar-refractivity contribution is 6.28. The van der Waals surface area contributed by atoms with Crippen molar-refractivity contribution < 1.29 is 28.3 Å². The molecule has 2 aliphatic rings. The molecule has 10 heteroatoms. The number of likely N-dealkylation sites (tertiary alicyclic amines) is 1. The molecule has 0 unspecified atom stereocenters. The zero-order valence-corrected chi connectivity index (χ0v) is 19.5. The number of amides is 3. The van der Waals surface area contributed by atoms with E-state index < -0.39 is 6.04 Å². The molecule has 3 amide bonds. The molecule has 34 heavy (non-hydrogen) atoms. The zero-order chi connectivity index (χ0) is 24.1. The van der Waals surface area contributed by atoms with Gasteiger partial charge in [-0.2, -0.15) is 0 Å². The average Bonchev–Trinajstić information content (AvgIpc) is 3.45. The Hall–Kier alpha value is -3.14. The Morgan fingerprint density at radius 2 is 2.03 bits per heavy atom. The summed E-state index contributed by atoms with van der Waals surface area (Å²) in [6, 6.07) is 9.57. The van der Waals surface area contributed by atoms with Crippen molar-refractivity contribution in [2.45, 2.75) is 25.5 Å². The minimum Gasteiger partial charge on any atom is -0.445 e. The molecule has 0 spiro atoms. The van der Waals surface area contributed by atoms with Crippen molar-refractivity contribution in [3.8, 4) is 0 Å². The van der Waals surface area contributed by atoms with Crippen LogP contribution in [0.1, 0.15) is 19.1 Å². The maximum atomic E-state index is 13.1. The Morgan fingerprint density at radius 3 is 2.71 bits per heavy atom. The Balaban J connectivity index is 1.43. The molecule has 3 heterocycles. The quantitative estimate of drug-likeness (QED) is 0.602. The van der Waals surface area contributed by atoms with Crippen LogP contribution in [0.4, 0.5) is 11.4 Å². The van der Waals surface area contributed by atoms with E-state index in [-0.39, 0.29) is 35.7 Å². The number of rotatable bonds is 7. The topological polar surface area (TPSA) is 101 Å². The molecular weight excluding hydrogens is 462 g/mol. The molecule has 1 N–H and O–H groups in total. The van der Waals surface area contributed by atoms with Gasteiger partial charge >= 0.3 is 0 Å². The Morgan fingerprint density at radius 1 is 1.24 bits per heavy atom. The third-order valence-electron chi connectivity index (χ3n) is 5.67. The third kappa shape index (κ3) is 5.67. The van der Waals surface area contributed by atoms with Gasteiger partial charge in [0.1, 0.15) is 18.4 Å². The van der Waals surface area contributed by atoms with Gasteiger partial charge in [-0.3, -0.25) is 14.4 Å². The van der Waals surface area contributed by atoms with Crippen LogP contribution >= 0.6 is 11.6 Å². The lowest BCUT2D eigenvalue weighted by Crippen LogP contribution is -2.42. The van der Waals surface area contributed by atoms with E-state index in [1.807, 2.05) is 6.92 Å². The number of hydrogen-bond donors (Lipinski definition) is 1. The molecular formula is C24H26ClN3O6. The fraction of sp³-hybridized carbons (Fsp3) is 0.375. The number of anilines is 2. The largest absolute Gasteiger partial charge is 0.445 e. The van der Waals surface area contributed by atoms with Gasteiger partial charge in [-0.1, -0.05) is 0 Å². The molecule has 9 nitrogen and oxygen atoms in total. The number of halogens is 1. The predicted octanol–water partition coefficient (Wildman–Crippen LogP) is 2.95. The Labute approximate surface area is 202 Å². The second kappa shape index (κ2) is 10.9. The van der Waals surface area contributed by atoms with E-state index in [1.165, 1.54) is 17.1 Å². The molecule has 4 rings (SSSR count). The minimum absolute atomic E-state index is 0.0619. The van der Waals surface area contributed by atoms with Gasteiger partial charge in [0.05, 0.1) is 12.7 Å². The molecule has 2 fully saturated rings. The monoisotopic (exact) mass is 487 g/mol. The summed E-state index contributed by atoms with van der Waals surface area (Å²) >= 11 is 5.77. The smallest absolute Gasteiger partial charge is 0.253 e. The summed E-state index contributed by atoms with van der Waals surface area (Å²) in [5.41, 5.74) is 1.31. The molecule has 1 aromatic carbocycles. The van der Waals surface area contributed by atoms with Gasteiger partial charge in [0.2, 0.25) is 11.8 Å². The van der Waals surface area contributed by atoms with Crippen molar-refractivity contribution in [1.29, 1.82) is 0 Å². The highest BCUT2D eigenvalue weighted by atomic mass is 35.5. The number of ether oxygens (including phenoxy) is 2. The number of carbonyl (C=O) groups is 3. The van der Waals surface area contributed by atoms with Crippen molar-refractivity contribution >= 4 is 46.8 Å². The van der Waals surface area contributed by atoms with Crippen LogP contribution in [0, 0.1) is 0 Å². The second-order valence-corrected chi connectivity index (χ2v) is 8.30.